The van der Waals surface area contributed by atoms with Gasteiger partial charge in [-0.3, -0.25) is 0 Å². The Morgan fingerprint density at radius 2 is 1.40 bits per heavy atom. The molecular formula is HClO3Rb. The summed E-state index contributed by atoms with van der Waals surface area (Å²) in [6, 6.07) is 0. The summed E-state index contributed by atoms with van der Waals surface area (Å²) in [5.74, 6) is 0. The van der Waals surface area contributed by atoms with Gasteiger partial charge in [0.05, 0.1) is 0 Å². The summed E-state index contributed by atoms with van der Waals surface area (Å²) in [5, 5.41) is 0. The van der Waals surface area contributed by atoms with E-state index in [0.29, 0.717) is 0 Å². The standard InChI is InChI=1S/ClHO3.Rb/c2-1(3)4;/h2H;. The fraction of sp³-hybridized carbons (Fsp3) is 0. The van der Waals surface area contributed by atoms with Crippen LogP contribution in [-0.4, -0.2) is 62.8 Å². The molecule has 27 valence electrons. The molecule has 0 aromatic rings. The normalized spacial score (nSPS) is 7.20. The first-order chi connectivity index (χ1) is 1.73. The van der Waals surface area contributed by atoms with Gasteiger partial charge in [-0.15, -0.1) is 0 Å². The second-order valence-corrected chi connectivity index (χ2v) is 0.603. The van der Waals surface area contributed by atoms with Gasteiger partial charge in [-0.25, -0.2) is 0 Å². The third kappa shape index (κ3) is 24.2. The third-order valence-corrected chi connectivity index (χ3v) is 0. The van der Waals surface area contributed by atoms with Crippen LogP contribution >= 0.6 is 0 Å². The summed E-state index contributed by atoms with van der Waals surface area (Å²) < 4.78 is 24.0. The SMILES string of the molecule is [O-][Cl+2]([O-])O.[Rb]. The zero-order valence-electron chi connectivity index (χ0n) is 2.64. The molecule has 0 bridgehead atoms. The summed E-state index contributed by atoms with van der Waals surface area (Å²) in [5.41, 5.74) is 0. The maximum Gasteiger partial charge on any atom is 0.282 e. The van der Waals surface area contributed by atoms with Gasteiger partial charge in [-0.2, -0.15) is 0 Å². The van der Waals surface area contributed by atoms with Crippen molar-refractivity contribution in [2.75, 3.05) is 0 Å². The first kappa shape index (κ1) is 10.1. The van der Waals surface area contributed by atoms with E-state index in [9.17, 15) is 0 Å². The zero-order valence-corrected chi connectivity index (χ0v) is 8.31. The van der Waals surface area contributed by atoms with Gasteiger partial charge >= 0.3 is 0 Å². The van der Waals surface area contributed by atoms with Crippen molar-refractivity contribution in [3.05, 3.63) is 0 Å². The van der Waals surface area contributed by atoms with E-state index in [2.05, 4.69) is 0 Å². The maximum atomic E-state index is 8.52. The van der Waals surface area contributed by atoms with Gasteiger partial charge in [-0.05, 0) is 0 Å². The zero-order chi connectivity index (χ0) is 3.58. The van der Waals surface area contributed by atoms with Crippen LogP contribution in [0.25, 0.3) is 0 Å². The van der Waals surface area contributed by atoms with Crippen LogP contribution in [0.3, 0.4) is 0 Å². The van der Waals surface area contributed by atoms with Gasteiger partial charge in [-0.1, -0.05) is 0 Å². The molecule has 1 N–H and O–H groups in total. The third-order valence-electron chi connectivity index (χ3n) is 0. The van der Waals surface area contributed by atoms with Gasteiger partial charge in [0.2, 0.25) is 0 Å². The smallest absolute Gasteiger partial charge is 0.282 e. The van der Waals surface area contributed by atoms with Crippen molar-refractivity contribution < 1.29 is 24.8 Å². The van der Waals surface area contributed by atoms with E-state index >= 15 is 0 Å². The van der Waals surface area contributed by atoms with Crippen molar-refractivity contribution in [2.24, 2.45) is 0 Å². The van der Waals surface area contributed by atoms with Crippen LogP contribution in [0, 0.1) is 10.8 Å². The van der Waals surface area contributed by atoms with Crippen LogP contribution in [0.5, 0.6) is 0 Å². The minimum Gasteiger partial charge on any atom is -0.321 e. The molecule has 0 saturated heterocycles. The Balaban J connectivity index is 0. The molecule has 0 aliphatic heterocycles. The van der Waals surface area contributed by atoms with E-state index in [4.69, 9.17) is 14.0 Å². The first-order valence-corrected chi connectivity index (χ1v) is 1.43. The van der Waals surface area contributed by atoms with E-state index in [0.717, 1.165) is 0 Å². The van der Waals surface area contributed by atoms with Gasteiger partial charge in [0.25, 0.3) is 10.8 Å². The Bertz CT molecular complexity index is 11.6. The molecule has 0 aliphatic rings. The molecule has 0 unspecified atom stereocenters. The van der Waals surface area contributed by atoms with Gasteiger partial charge in [0.15, 0.2) is 0 Å². The Kier molecular flexibility index (Phi) is 12.0. The summed E-state index contributed by atoms with van der Waals surface area (Å²) >= 11 is 0. The van der Waals surface area contributed by atoms with Crippen LogP contribution in [0.4, 0.5) is 0 Å². The fourth-order valence-corrected chi connectivity index (χ4v) is 0. The van der Waals surface area contributed by atoms with Crippen molar-refractivity contribution in [3.8, 4) is 0 Å². The van der Waals surface area contributed by atoms with Crippen molar-refractivity contribution in [3.63, 3.8) is 0 Å². The van der Waals surface area contributed by atoms with Crippen molar-refractivity contribution in [1.82, 2.24) is 0 Å². The van der Waals surface area contributed by atoms with Crippen LogP contribution in [0.1, 0.15) is 0 Å². The molecule has 0 atom stereocenters. The molecule has 1 radical (unpaired) electrons. The molecule has 0 amide bonds. The average Bonchev–Trinajstić information content (AvgIpc) is 0.811. The van der Waals surface area contributed by atoms with Crippen LogP contribution < -0.4 is 9.32 Å². The van der Waals surface area contributed by atoms with Crippen LogP contribution in [0.15, 0.2) is 0 Å². The second kappa shape index (κ2) is 5.98. The molecule has 0 saturated carbocycles. The topological polar surface area (TPSA) is 66.3 Å². The molecule has 0 spiro atoms. The molecule has 5 heavy (non-hydrogen) atoms. The summed E-state index contributed by atoms with van der Waals surface area (Å²) in [4.78, 5) is 0. The second-order valence-electron chi connectivity index (χ2n) is 0.201. The minimum absolute atomic E-state index is 0. The quantitative estimate of drug-likeness (QED) is 0.413. The summed E-state index contributed by atoms with van der Waals surface area (Å²) in [6.07, 6.45) is 0. The molecule has 0 heterocycles. The minimum atomic E-state index is -2.60. The molecule has 5 heteroatoms. The van der Waals surface area contributed by atoms with Crippen molar-refractivity contribution >= 4 is 58.2 Å². The summed E-state index contributed by atoms with van der Waals surface area (Å²) in [6.45, 7) is 0. The molecular weight excluding hydrogens is 169 g/mol. The Hall–Kier alpha value is 1.98. The largest absolute Gasteiger partial charge is 0.321 e. The maximum absolute atomic E-state index is 8.52. The van der Waals surface area contributed by atoms with Gasteiger partial charge in [0, 0.05) is 62.8 Å². The Morgan fingerprint density at radius 3 is 1.40 bits per heavy atom. The molecule has 0 rings (SSSR count). The van der Waals surface area contributed by atoms with E-state index in [1.807, 2.05) is 0 Å². The molecule has 0 aromatic heterocycles. The number of hydrogen-bond acceptors (Lipinski definition) is 3. The van der Waals surface area contributed by atoms with E-state index in [1.165, 1.54) is 0 Å². The van der Waals surface area contributed by atoms with Crippen molar-refractivity contribution in [1.29, 1.82) is 0 Å². The van der Waals surface area contributed by atoms with Crippen LogP contribution in [0.2, 0.25) is 0 Å². The molecule has 0 aromatic carbocycles. The first-order valence-electron chi connectivity index (χ1n) is 0.478. The number of hydrogen-bond donors (Lipinski definition) is 1. The predicted molar refractivity (Wildman–Crippen MR) is 7.97 cm³/mol. The Morgan fingerprint density at radius 1 is 1.40 bits per heavy atom. The van der Waals surface area contributed by atoms with E-state index < -0.39 is 10.8 Å². The van der Waals surface area contributed by atoms with E-state index in [-0.39, 0.29) is 58.2 Å². The van der Waals surface area contributed by atoms with E-state index in [1.54, 1.807) is 0 Å². The summed E-state index contributed by atoms with van der Waals surface area (Å²) in [7, 11) is -2.60. The molecule has 3 nitrogen and oxygen atoms in total. The predicted octanol–water partition coefficient (Wildman–Crippen LogP) is -3.32. The fourth-order valence-electron chi connectivity index (χ4n) is 0. The van der Waals surface area contributed by atoms with Crippen molar-refractivity contribution in [2.45, 2.75) is 0 Å². The number of halogens is 1. The van der Waals surface area contributed by atoms with Gasteiger partial charge in [0.1, 0.15) is 0 Å². The average molecular weight is 170 g/mol. The Labute approximate surface area is 81.2 Å². The number of rotatable bonds is 0. The monoisotopic (exact) mass is 169 g/mol. The molecule has 0 aliphatic carbocycles. The molecule has 0 fully saturated rings. The van der Waals surface area contributed by atoms with Gasteiger partial charge < -0.3 is 9.32 Å². The van der Waals surface area contributed by atoms with Crippen LogP contribution in [-0.2, 0) is 0 Å².